The third-order valence-electron chi connectivity index (χ3n) is 3.71. The molecule has 118 valence electrons. The number of nitrogens with two attached hydrogens (primary N) is 1. The van der Waals surface area contributed by atoms with Crippen LogP contribution >= 0.6 is 9.24 Å². The quantitative estimate of drug-likeness (QED) is 0.642. The van der Waals surface area contributed by atoms with E-state index in [-0.39, 0.29) is 11.8 Å². The Morgan fingerprint density at radius 1 is 1.59 bits per heavy atom. The maximum absolute atomic E-state index is 10.7. The summed E-state index contributed by atoms with van der Waals surface area (Å²) in [6.07, 6.45) is 2.48. The molecular formula is C16H22N3O2P. The Kier molecular flexibility index (Phi) is 5.76. The van der Waals surface area contributed by atoms with Crippen molar-refractivity contribution in [3.63, 3.8) is 0 Å². The molecule has 2 N–H and O–H groups in total. The molecule has 1 heterocycles. The number of anilines is 1. The number of hydrogen-bond acceptors (Lipinski definition) is 5. The Hall–Kier alpha value is -1.63. The Labute approximate surface area is 133 Å². The lowest BCUT2D eigenvalue weighted by Crippen LogP contribution is -2.23. The highest BCUT2D eigenvalue weighted by atomic mass is 31.0. The number of ether oxygens (including phenoxy) is 1. The van der Waals surface area contributed by atoms with Gasteiger partial charge < -0.3 is 15.4 Å². The molecule has 0 aliphatic carbocycles. The van der Waals surface area contributed by atoms with Gasteiger partial charge in [-0.05, 0) is 52.6 Å². The minimum atomic E-state index is -0.333. The molecule has 0 amide bonds. The van der Waals surface area contributed by atoms with E-state index in [4.69, 9.17) is 10.5 Å². The third kappa shape index (κ3) is 4.19. The summed E-state index contributed by atoms with van der Waals surface area (Å²) in [6.45, 7) is 4.06. The summed E-state index contributed by atoms with van der Waals surface area (Å²) in [5.41, 5.74) is 9.62. The normalized spacial score (nSPS) is 14.4. The summed E-state index contributed by atoms with van der Waals surface area (Å²) in [7, 11) is 2.00. The first-order chi connectivity index (χ1) is 10.5. The van der Waals surface area contributed by atoms with Crippen molar-refractivity contribution in [3.05, 3.63) is 28.8 Å². The first-order valence-electron chi connectivity index (χ1n) is 7.50. The lowest BCUT2D eigenvalue weighted by atomic mass is 9.99. The van der Waals surface area contributed by atoms with Crippen LogP contribution in [-0.4, -0.2) is 31.4 Å². The predicted octanol–water partition coefficient (Wildman–Crippen LogP) is 2.21. The molecule has 0 bridgehead atoms. The fourth-order valence-electron chi connectivity index (χ4n) is 2.92. The highest BCUT2D eigenvalue weighted by molar-refractivity contribution is 7.39. The van der Waals surface area contributed by atoms with Crippen molar-refractivity contribution in [1.29, 1.82) is 5.26 Å². The van der Waals surface area contributed by atoms with Gasteiger partial charge in [0, 0.05) is 19.1 Å². The zero-order valence-corrected chi connectivity index (χ0v) is 14.0. The van der Waals surface area contributed by atoms with Crippen LogP contribution in [0.4, 0.5) is 10.5 Å². The average Bonchev–Trinajstić information content (AvgIpc) is 2.85. The SMILES string of the molecule is C[C@@H](N)Cc1cc(C#N)c2c(c1)CCN2CCCOC(=O)P. The van der Waals surface area contributed by atoms with E-state index < -0.39 is 0 Å². The minimum absolute atomic E-state index is 0.0868. The van der Waals surface area contributed by atoms with Gasteiger partial charge in [-0.15, -0.1) is 0 Å². The number of carbonyl (C=O) groups is 1. The summed E-state index contributed by atoms with van der Waals surface area (Å²) in [5.74, 6) is 0. The number of nitrogens with zero attached hydrogens (tertiary/aromatic N) is 2. The topological polar surface area (TPSA) is 79.3 Å². The van der Waals surface area contributed by atoms with Gasteiger partial charge in [0.15, 0.2) is 0 Å². The second-order valence-corrected chi connectivity index (χ2v) is 6.17. The molecule has 1 aromatic carbocycles. The molecule has 1 aliphatic heterocycles. The average molecular weight is 319 g/mol. The van der Waals surface area contributed by atoms with Crippen molar-refractivity contribution >= 4 is 20.6 Å². The second-order valence-electron chi connectivity index (χ2n) is 5.70. The zero-order chi connectivity index (χ0) is 16.1. The summed E-state index contributed by atoms with van der Waals surface area (Å²) in [6, 6.07) is 6.51. The minimum Gasteiger partial charge on any atom is -0.463 e. The lowest BCUT2D eigenvalue weighted by Gasteiger charge is -2.21. The number of hydrogen-bond donors (Lipinski definition) is 1. The van der Waals surface area contributed by atoms with Gasteiger partial charge in [-0.25, -0.2) is 4.79 Å². The van der Waals surface area contributed by atoms with Crippen molar-refractivity contribution in [2.45, 2.75) is 32.2 Å². The third-order valence-corrected chi connectivity index (χ3v) is 3.88. The van der Waals surface area contributed by atoms with E-state index in [0.29, 0.717) is 12.2 Å². The van der Waals surface area contributed by atoms with Gasteiger partial charge in [-0.1, -0.05) is 6.07 Å². The number of nitriles is 1. The molecule has 0 aromatic heterocycles. The largest absolute Gasteiger partial charge is 0.463 e. The first-order valence-corrected chi connectivity index (χ1v) is 8.07. The fraction of sp³-hybridized carbons (Fsp3) is 0.500. The van der Waals surface area contributed by atoms with E-state index in [2.05, 4.69) is 17.0 Å². The highest BCUT2D eigenvalue weighted by Gasteiger charge is 2.23. The molecule has 0 fully saturated rings. The van der Waals surface area contributed by atoms with Crippen LogP contribution in [0.1, 0.15) is 30.0 Å². The first kappa shape index (κ1) is 16.7. The van der Waals surface area contributed by atoms with Crippen LogP contribution in [0.2, 0.25) is 0 Å². The van der Waals surface area contributed by atoms with Gasteiger partial charge in [-0.2, -0.15) is 5.26 Å². The monoisotopic (exact) mass is 319 g/mol. The van der Waals surface area contributed by atoms with E-state index in [0.717, 1.165) is 43.6 Å². The molecule has 2 atom stereocenters. The maximum Gasteiger partial charge on any atom is 0.319 e. The Morgan fingerprint density at radius 2 is 2.36 bits per heavy atom. The predicted molar refractivity (Wildman–Crippen MR) is 90.1 cm³/mol. The van der Waals surface area contributed by atoms with Crippen LogP contribution in [0, 0.1) is 11.3 Å². The van der Waals surface area contributed by atoms with Crippen molar-refractivity contribution in [1.82, 2.24) is 0 Å². The van der Waals surface area contributed by atoms with Crippen LogP contribution in [0.3, 0.4) is 0 Å². The van der Waals surface area contributed by atoms with Crippen LogP contribution in [0.15, 0.2) is 12.1 Å². The molecule has 1 unspecified atom stereocenters. The van der Waals surface area contributed by atoms with E-state index in [1.807, 2.05) is 22.2 Å². The van der Waals surface area contributed by atoms with Crippen molar-refractivity contribution in [2.24, 2.45) is 5.73 Å². The summed E-state index contributed by atoms with van der Waals surface area (Å²) in [5, 5.41) is 9.44. The van der Waals surface area contributed by atoms with Crippen molar-refractivity contribution in [3.8, 4) is 6.07 Å². The van der Waals surface area contributed by atoms with E-state index in [9.17, 15) is 10.1 Å². The number of carbonyl (C=O) groups excluding carboxylic acids is 1. The molecular weight excluding hydrogens is 297 g/mol. The van der Waals surface area contributed by atoms with Gasteiger partial charge in [0.1, 0.15) is 6.07 Å². The molecule has 2 rings (SSSR count). The molecule has 5 nitrogen and oxygen atoms in total. The lowest BCUT2D eigenvalue weighted by molar-refractivity contribution is 0.174. The molecule has 1 aromatic rings. The second kappa shape index (κ2) is 7.58. The van der Waals surface area contributed by atoms with Gasteiger partial charge >= 0.3 is 5.71 Å². The van der Waals surface area contributed by atoms with Crippen LogP contribution < -0.4 is 10.6 Å². The molecule has 1 aliphatic rings. The number of rotatable bonds is 6. The summed E-state index contributed by atoms with van der Waals surface area (Å²) in [4.78, 5) is 12.9. The molecule has 22 heavy (non-hydrogen) atoms. The van der Waals surface area contributed by atoms with E-state index >= 15 is 0 Å². The van der Waals surface area contributed by atoms with E-state index in [1.165, 1.54) is 5.56 Å². The molecule has 0 radical (unpaired) electrons. The van der Waals surface area contributed by atoms with Gasteiger partial charge in [-0.3, -0.25) is 0 Å². The smallest absolute Gasteiger partial charge is 0.319 e. The summed E-state index contributed by atoms with van der Waals surface area (Å²) < 4.78 is 4.93. The van der Waals surface area contributed by atoms with Crippen molar-refractivity contribution < 1.29 is 9.53 Å². The molecule has 0 spiro atoms. The Morgan fingerprint density at radius 3 is 3.00 bits per heavy atom. The Bertz CT molecular complexity index is 596. The van der Waals surface area contributed by atoms with Crippen LogP contribution in [0.5, 0.6) is 0 Å². The number of benzene rings is 1. The molecule has 0 saturated heterocycles. The van der Waals surface area contributed by atoms with Crippen LogP contribution in [0.25, 0.3) is 0 Å². The van der Waals surface area contributed by atoms with Crippen molar-refractivity contribution in [2.75, 3.05) is 24.6 Å². The van der Waals surface area contributed by atoms with Gasteiger partial charge in [0.2, 0.25) is 0 Å². The molecule has 6 heteroatoms. The molecule has 0 saturated carbocycles. The summed E-state index contributed by atoms with van der Waals surface area (Å²) >= 11 is 0. The van der Waals surface area contributed by atoms with E-state index in [1.54, 1.807) is 0 Å². The Balaban J connectivity index is 2.10. The standard InChI is InChI=1S/C16H22N3O2P/c1-11(18)7-12-8-13-3-5-19(4-2-6-21-16(20)22)15(13)14(9-12)10-17/h8-9,11H,2-7,18,22H2,1H3/t11-/m1/s1. The zero-order valence-electron chi connectivity index (χ0n) is 12.8. The van der Waals surface area contributed by atoms with Gasteiger partial charge in [0.25, 0.3) is 0 Å². The maximum atomic E-state index is 10.7. The highest BCUT2D eigenvalue weighted by Crippen LogP contribution is 2.33. The fourth-order valence-corrected chi connectivity index (χ4v) is 3.04. The number of fused-ring (bicyclic) bond motifs is 1. The van der Waals surface area contributed by atoms with Crippen LogP contribution in [-0.2, 0) is 17.6 Å². The van der Waals surface area contributed by atoms with Gasteiger partial charge in [0.05, 0.1) is 17.9 Å².